The van der Waals surface area contributed by atoms with Gasteiger partial charge in [-0.05, 0) is 32.0 Å². The monoisotopic (exact) mass is 575 g/mol. The number of piperidine rings is 1. The molecule has 32 heavy (non-hydrogen) atoms. The molecule has 2 aliphatic heterocycles. The number of benzene rings is 1. The molecule has 174 valence electrons. The second kappa shape index (κ2) is 8.21. The summed E-state index contributed by atoms with van der Waals surface area (Å²) in [6.45, 7) is 3.09. The van der Waals surface area contributed by atoms with Gasteiger partial charge in [-0.2, -0.15) is 8.42 Å². The number of nitrogens with one attached hydrogen (secondary N) is 1. The van der Waals surface area contributed by atoms with E-state index in [4.69, 9.17) is 13.7 Å². The molecule has 0 radical (unpaired) electrons. The summed E-state index contributed by atoms with van der Waals surface area (Å²) in [5, 5.41) is 2.35. The Morgan fingerprint density at radius 1 is 1.19 bits per heavy atom. The lowest BCUT2D eigenvalue weighted by Crippen LogP contribution is -2.49. The fraction of sp³-hybridized carbons (Fsp3) is 0.636. The highest BCUT2D eigenvalue weighted by Gasteiger charge is 2.72. The van der Waals surface area contributed by atoms with Gasteiger partial charge in [0.05, 0.1) is 5.92 Å². The predicted molar refractivity (Wildman–Crippen MR) is 122 cm³/mol. The Morgan fingerprint density at radius 3 is 2.53 bits per heavy atom. The van der Waals surface area contributed by atoms with Gasteiger partial charge in [0.25, 0.3) is 10.1 Å². The van der Waals surface area contributed by atoms with Crippen molar-refractivity contribution in [1.82, 2.24) is 5.32 Å². The van der Waals surface area contributed by atoms with Crippen molar-refractivity contribution in [2.24, 2.45) is 17.8 Å². The van der Waals surface area contributed by atoms with E-state index in [0.29, 0.717) is 32.4 Å². The normalized spacial score (nSPS) is 37.1. The first-order chi connectivity index (χ1) is 15.2. The molecule has 2 saturated carbocycles. The van der Waals surface area contributed by atoms with E-state index in [2.05, 4.69) is 5.32 Å². The van der Waals surface area contributed by atoms with Crippen molar-refractivity contribution < 1.29 is 31.7 Å². The average molecular weight is 575 g/mol. The van der Waals surface area contributed by atoms with Gasteiger partial charge in [-0.25, -0.2) is 0 Å². The zero-order chi connectivity index (χ0) is 22.7. The van der Waals surface area contributed by atoms with E-state index >= 15 is 0 Å². The Labute approximate surface area is 201 Å². The van der Waals surface area contributed by atoms with Crippen molar-refractivity contribution in [3.63, 3.8) is 0 Å². The quantitative estimate of drug-likeness (QED) is 0.246. The molecule has 2 saturated heterocycles. The summed E-state index contributed by atoms with van der Waals surface area (Å²) in [6, 6.07) is 9.61. The van der Waals surface area contributed by atoms with Gasteiger partial charge in [-0.1, -0.05) is 52.9 Å². The van der Waals surface area contributed by atoms with Gasteiger partial charge in [0, 0.05) is 24.7 Å². The second-order valence-electron chi connectivity index (χ2n) is 9.16. The number of hydrogen-bond acceptors (Lipinski definition) is 8. The third kappa shape index (κ3) is 3.57. The number of carbonyl (C=O) groups excluding carboxylic acids is 2. The lowest BCUT2D eigenvalue weighted by molar-refractivity contribution is -0.176. The number of halogens is 1. The van der Waals surface area contributed by atoms with Crippen molar-refractivity contribution in [2.45, 2.75) is 53.2 Å². The van der Waals surface area contributed by atoms with E-state index < -0.39 is 57.0 Å². The van der Waals surface area contributed by atoms with Crippen LogP contribution in [0.1, 0.15) is 31.7 Å². The average Bonchev–Trinajstić information content (AvgIpc) is 3.37. The van der Waals surface area contributed by atoms with E-state index in [1.54, 1.807) is 6.92 Å². The molecule has 0 aromatic heterocycles. The van der Waals surface area contributed by atoms with Crippen LogP contribution in [-0.2, 0) is 39.0 Å². The fourth-order valence-corrected chi connectivity index (χ4v) is 8.17. The summed E-state index contributed by atoms with van der Waals surface area (Å²) in [5.74, 6) is -2.65. The molecule has 5 rings (SSSR count). The van der Waals surface area contributed by atoms with Gasteiger partial charge < -0.3 is 14.8 Å². The molecule has 7 unspecified atom stereocenters. The van der Waals surface area contributed by atoms with Crippen molar-refractivity contribution in [2.75, 3.05) is 13.1 Å². The molecule has 0 spiro atoms. The van der Waals surface area contributed by atoms with E-state index in [-0.39, 0.29) is 9.84 Å². The summed E-state index contributed by atoms with van der Waals surface area (Å²) < 4.78 is 42.5. The first-order valence-corrected chi connectivity index (χ1v) is 13.7. The summed E-state index contributed by atoms with van der Waals surface area (Å²) in [7, 11) is -3.95. The van der Waals surface area contributed by atoms with Gasteiger partial charge in [0.2, 0.25) is 0 Å². The number of hydrogen-bond donors (Lipinski definition) is 1. The second-order valence-corrected chi connectivity index (χ2v) is 12.7. The highest BCUT2D eigenvalue weighted by molar-refractivity contribution is 14.1. The van der Waals surface area contributed by atoms with Crippen molar-refractivity contribution in [3.8, 4) is 0 Å². The molecule has 4 fully saturated rings. The minimum atomic E-state index is -3.95. The minimum absolute atomic E-state index is 0.356. The van der Waals surface area contributed by atoms with Gasteiger partial charge in [0.15, 0.2) is 0 Å². The highest BCUT2D eigenvalue weighted by atomic mass is 127. The van der Waals surface area contributed by atoms with Crippen molar-refractivity contribution in [3.05, 3.63) is 35.9 Å². The number of ether oxygens (including phenoxy) is 2. The van der Waals surface area contributed by atoms with Crippen LogP contribution in [-0.4, -0.2) is 54.8 Å². The number of esters is 2. The van der Waals surface area contributed by atoms with Gasteiger partial charge in [-0.15, -0.1) is 0 Å². The lowest BCUT2D eigenvalue weighted by atomic mass is 9.82. The van der Waals surface area contributed by atoms with Gasteiger partial charge in [-0.3, -0.25) is 13.8 Å². The molecule has 0 amide bonds. The van der Waals surface area contributed by atoms with Crippen LogP contribution in [0.5, 0.6) is 0 Å². The number of carbonyl (C=O) groups is 2. The molecule has 7 atom stereocenters. The fourth-order valence-electron chi connectivity index (χ4n) is 5.96. The van der Waals surface area contributed by atoms with Crippen LogP contribution in [0.2, 0.25) is 0 Å². The standard InChI is InChI=1S/C22H26INO7S/c1-12(23)20(25)29-17-14-11-15-18(17)31-32(27,28)19(15)16(14)21(26)30-22(7-9-24-10-8-22)13-5-3-2-4-6-13/h2-6,12,14-19,24H,7-11H2,1H3. The zero-order valence-electron chi connectivity index (χ0n) is 17.6. The van der Waals surface area contributed by atoms with Crippen LogP contribution in [0.4, 0.5) is 0 Å². The maximum atomic E-state index is 13.6. The highest BCUT2D eigenvalue weighted by Crippen LogP contribution is 2.59. The number of alkyl halides is 1. The van der Waals surface area contributed by atoms with Crippen molar-refractivity contribution in [1.29, 1.82) is 0 Å². The van der Waals surface area contributed by atoms with Crippen LogP contribution in [0.25, 0.3) is 0 Å². The first-order valence-electron chi connectivity index (χ1n) is 11.0. The molecule has 2 heterocycles. The maximum absolute atomic E-state index is 13.6. The molecular weight excluding hydrogens is 549 g/mol. The Balaban J connectivity index is 1.45. The van der Waals surface area contributed by atoms with E-state index in [1.165, 1.54) is 0 Å². The van der Waals surface area contributed by atoms with E-state index in [1.807, 2.05) is 52.9 Å². The smallest absolute Gasteiger partial charge is 0.318 e. The molecular formula is C22H26INO7S. The maximum Gasteiger partial charge on any atom is 0.318 e. The number of fused-ring (bicyclic) bond motifs is 1. The predicted octanol–water partition coefficient (Wildman–Crippen LogP) is 1.91. The SMILES string of the molecule is CC(I)C(=O)OC1C2CC3C1OS(=O)(=O)C3C2C(=O)OC1(c2ccccc2)CCNCC1. The molecule has 1 aromatic carbocycles. The Kier molecular flexibility index (Phi) is 5.78. The van der Waals surface area contributed by atoms with E-state index in [9.17, 15) is 18.0 Å². The van der Waals surface area contributed by atoms with Crippen LogP contribution in [0.3, 0.4) is 0 Å². The van der Waals surface area contributed by atoms with Gasteiger partial charge >= 0.3 is 11.9 Å². The molecule has 2 bridgehead atoms. The van der Waals surface area contributed by atoms with Gasteiger partial charge in [0.1, 0.15) is 27.0 Å². The summed E-state index contributed by atoms with van der Waals surface area (Å²) in [4.78, 5) is 25.9. The third-order valence-electron chi connectivity index (χ3n) is 7.38. The minimum Gasteiger partial charge on any atom is -0.458 e. The van der Waals surface area contributed by atoms with Crippen LogP contribution < -0.4 is 5.32 Å². The Hall–Kier alpha value is -1.24. The topological polar surface area (TPSA) is 108 Å². The third-order valence-corrected chi connectivity index (χ3v) is 9.69. The summed E-state index contributed by atoms with van der Waals surface area (Å²) in [6.07, 6.45) is 0.217. The first kappa shape index (κ1) is 22.5. The van der Waals surface area contributed by atoms with Crippen molar-refractivity contribution >= 4 is 44.6 Å². The lowest BCUT2D eigenvalue weighted by Gasteiger charge is -2.39. The molecule has 8 nitrogen and oxygen atoms in total. The molecule has 1 N–H and O–H groups in total. The molecule has 10 heteroatoms. The van der Waals surface area contributed by atoms with Crippen LogP contribution in [0, 0.1) is 17.8 Å². The zero-order valence-corrected chi connectivity index (χ0v) is 20.6. The van der Waals surface area contributed by atoms with E-state index in [0.717, 1.165) is 5.56 Å². The Morgan fingerprint density at radius 2 is 1.88 bits per heavy atom. The summed E-state index contributed by atoms with van der Waals surface area (Å²) >= 11 is 1.95. The van der Waals surface area contributed by atoms with Crippen LogP contribution >= 0.6 is 22.6 Å². The van der Waals surface area contributed by atoms with Crippen LogP contribution in [0.15, 0.2) is 30.3 Å². The molecule has 2 aliphatic carbocycles. The summed E-state index contributed by atoms with van der Waals surface area (Å²) in [5.41, 5.74) is 0.0971. The molecule has 4 aliphatic rings. The largest absolute Gasteiger partial charge is 0.458 e. The number of rotatable bonds is 5. The molecule has 1 aromatic rings. The Bertz CT molecular complexity index is 1010.